The van der Waals surface area contributed by atoms with Crippen molar-refractivity contribution in [2.45, 2.75) is 216 Å². The van der Waals surface area contributed by atoms with Gasteiger partial charge in [0.15, 0.2) is 11.6 Å². The first kappa shape index (κ1) is 90.2. The summed E-state index contributed by atoms with van der Waals surface area (Å²) in [6.07, 6.45) is 8.91. The van der Waals surface area contributed by atoms with Crippen molar-refractivity contribution in [3.8, 4) is 0 Å². The summed E-state index contributed by atoms with van der Waals surface area (Å²) in [6, 6.07) is 12.4. The second kappa shape index (κ2) is 45.0. The van der Waals surface area contributed by atoms with Gasteiger partial charge in [-0.3, -0.25) is 77.3 Å². The normalized spacial score (nSPS) is 15.8. The van der Waals surface area contributed by atoms with E-state index >= 15 is 9.59 Å². The Morgan fingerprint density at radius 1 is 0.482 bits per heavy atom. The van der Waals surface area contributed by atoms with Crippen molar-refractivity contribution in [1.82, 2.24) is 67.7 Å². The van der Waals surface area contributed by atoms with Crippen molar-refractivity contribution in [3.63, 3.8) is 0 Å². The van der Waals surface area contributed by atoms with E-state index in [1.165, 1.54) is 68.1 Å². The molecule has 6 aromatic rings. The van der Waals surface area contributed by atoms with Crippen LogP contribution in [0.25, 0.3) is 10.8 Å². The number of rotatable bonds is 45. The summed E-state index contributed by atoms with van der Waals surface area (Å²) < 4.78 is 0. The number of nitrogens with one attached hydrogen (secondary N) is 9. The number of amides is 11. The number of benzene rings is 3. The number of aliphatic hydroxyl groups is 1. The van der Waals surface area contributed by atoms with Crippen molar-refractivity contribution in [1.29, 1.82) is 0 Å². The fourth-order valence-corrected chi connectivity index (χ4v) is 13.4. The van der Waals surface area contributed by atoms with Gasteiger partial charge in [0, 0.05) is 92.1 Å². The van der Waals surface area contributed by atoms with Crippen LogP contribution in [0, 0.1) is 11.8 Å². The van der Waals surface area contributed by atoms with Gasteiger partial charge in [-0.15, -0.1) is 0 Å². The highest BCUT2D eigenvalue weighted by Gasteiger charge is 2.41. The van der Waals surface area contributed by atoms with Gasteiger partial charge in [0.05, 0.1) is 18.7 Å². The molecule has 18 N–H and O–H groups in total. The molecule has 114 heavy (non-hydrogen) atoms. The molecule has 31 nitrogen and oxygen atoms in total. The number of aromatic nitrogens is 3. The molecule has 0 bridgehead atoms. The number of nitrogens with zero attached hydrogens (tertiary/aromatic N) is 4. The van der Waals surface area contributed by atoms with Crippen LogP contribution in [-0.4, -0.2) is 193 Å². The van der Waals surface area contributed by atoms with Gasteiger partial charge in [0.1, 0.15) is 60.4 Å². The highest BCUT2D eigenvalue weighted by Crippen LogP contribution is 2.24. The lowest BCUT2D eigenvalue weighted by Gasteiger charge is -2.31. The summed E-state index contributed by atoms with van der Waals surface area (Å²) in [4.78, 5) is 198. The van der Waals surface area contributed by atoms with Crippen LogP contribution in [0.5, 0.6) is 0 Å². The third-order valence-electron chi connectivity index (χ3n) is 19.9. The first-order valence-corrected chi connectivity index (χ1v) is 38.9. The number of nitrogens with two attached hydrogens (primary N) is 4. The van der Waals surface area contributed by atoms with E-state index in [-0.39, 0.29) is 113 Å². The number of likely N-dealkylation sites (tertiary alicyclic amines) is 1. The van der Waals surface area contributed by atoms with Crippen molar-refractivity contribution < 1.29 is 67.4 Å². The molecule has 1 fully saturated rings. The van der Waals surface area contributed by atoms with Gasteiger partial charge in [0.2, 0.25) is 65.0 Å². The maximum atomic E-state index is 15.3. The van der Waals surface area contributed by atoms with Gasteiger partial charge < -0.3 is 80.8 Å². The quantitative estimate of drug-likeness (QED) is 0.0244. The molecule has 0 saturated carbocycles. The zero-order valence-electron chi connectivity index (χ0n) is 65.2. The molecule has 0 spiro atoms. The van der Waals surface area contributed by atoms with Crippen LogP contribution in [0.2, 0.25) is 5.02 Å². The van der Waals surface area contributed by atoms with Crippen molar-refractivity contribution in [2.24, 2.45) is 34.8 Å². The van der Waals surface area contributed by atoms with E-state index in [4.69, 9.17) is 34.5 Å². The molecule has 1 aliphatic rings. The summed E-state index contributed by atoms with van der Waals surface area (Å²) in [7, 11) is 0. The molecular weight excluding hydrogens is 1480 g/mol. The SMILES string of the molecule is CC(=O)N[C@@H](Cc1ccc2ccccc2c1)C(=O)N[C@@H](Cc1ccc(Cl)cc1)C(=O)N[C@@H](Cc1cccnc1)C(=O)N[C@@H](CO)C(=O)N[C@@H](CCCC(N)C(=O)c1cccnc1)C(=O)N[C@@H](CCCC(N)C(=O)c1cccnc1)C(=O)N[C@@H](CC(C)C)C(=O)N[C@@H](CCCC(N)C(C)C)C(=O)N1CCC[C@@H]1C(=O)N[C@@H](C)C(N)=O. The number of hydrogen-bond donors (Lipinski definition) is 14. The van der Waals surface area contributed by atoms with Crippen LogP contribution in [0.4, 0.5) is 0 Å². The number of carbonyl (C=O) groups is 13. The Bertz CT molecular complexity index is 4260. The van der Waals surface area contributed by atoms with Gasteiger partial charge >= 0.3 is 0 Å². The van der Waals surface area contributed by atoms with E-state index in [0.29, 0.717) is 41.0 Å². The Hall–Kier alpha value is -11.0. The minimum atomic E-state index is -1.89. The molecule has 0 radical (unpaired) electrons. The Balaban J connectivity index is 1.18. The number of halogens is 1. The van der Waals surface area contributed by atoms with Crippen LogP contribution in [0.1, 0.15) is 156 Å². The molecule has 3 unspecified atom stereocenters. The molecule has 3 aromatic heterocycles. The lowest BCUT2D eigenvalue weighted by atomic mass is 9.96. The molecular formula is C82H108ClN17O14. The molecule has 612 valence electrons. The zero-order chi connectivity index (χ0) is 83.1. The Morgan fingerprint density at radius 3 is 1.44 bits per heavy atom. The number of carbonyl (C=O) groups excluding carboxylic acids is 13. The standard InChI is InChI=1S/C82H108ClN17O14/c1-47(2)38-65(76(108)95-64(26-9-21-59(84)48(3)4)82(114)100-37-15-27-70(100)81(113)91-49(5)73(87)105)96-75(107)63(25-11-23-61(86)72(104)57-20-14-36-90-45-57)93-74(106)62(24-10-22-60(85)71(103)56-19-13-35-89-44-56)94-80(112)69(46-101)99-79(111)68(42-53-16-12-34-88-43-53)98-78(110)67(40-51-29-32-58(83)33-30-51)97-77(109)66(92-50(6)102)41-52-28-31-54-17-7-8-18-55(54)39-52/h7-8,12-14,16-20,28-36,39,43-45,47-49,59-70,101H,9-11,15,21-27,37-38,40-42,46,84-86H2,1-6H3,(H2,87,105)(H,91,113)(H,92,102)(H,93,106)(H,94,112)(H,95,108)(H,96,107)(H,97,109)(H,98,110)(H,99,111)/t49-,59?,60?,61?,62-,63-,64-,65-,66-,67-,68-,69-,70+/m0/s1. The fraction of sp³-hybridized carbons (Fsp3) is 0.463. The number of hydrogen-bond acceptors (Lipinski definition) is 20. The molecule has 0 aliphatic carbocycles. The van der Waals surface area contributed by atoms with E-state index in [1.807, 2.05) is 56.3 Å². The van der Waals surface area contributed by atoms with E-state index in [1.54, 1.807) is 62.4 Å². The predicted molar refractivity (Wildman–Crippen MR) is 427 cm³/mol. The largest absolute Gasteiger partial charge is 0.394 e. The lowest BCUT2D eigenvalue weighted by molar-refractivity contribution is -0.142. The monoisotopic (exact) mass is 1590 g/mol. The summed E-state index contributed by atoms with van der Waals surface area (Å²) in [6.45, 7) is 9.16. The zero-order valence-corrected chi connectivity index (χ0v) is 65.9. The average molecular weight is 1590 g/mol. The van der Waals surface area contributed by atoms with Gasteiger partial charge in [-0.2, -0.15) is 0 Å². The number of Topliss-reactive ketones (excluding diaryl/α,β-unsaturated/α-hetero) is 2. The summed E-state index contributed by atoms with van der Waals surface area (Å²) >= 11 is 6.26. The second-order valence-electron chi connectivity index (χ2n) is 29.7. The maximum absolute atomic E-state index is 15.3. The molecule has 7 rings (SSSR count). The van der Waals surface area contributed by atoms with Crippen molar-refractivity contribution in [3.05, 3.63) is 173 Å². The van der Waals surface area contributed by atoms with Gasteiger partial charge in [-0.1, -0.05) is 100.0 Å². The molecule has 11 amide bonds. The summed E-state index contributed by atoms with van der Waals surface area (Å²) in [5.74, 6) is -10.3. The van der Waals surface area contributed by atoms with Crippen LogP contribution >= 0.6 is 11.6 Å². The van der Waals surface area contributed by atoms with Gasteiger partial charge in [-0.25, -0.2) is 0 Å². The number of primary amides is 1. The molecule has 1 saturated heterocycles. The van der Waals surface area contributed by atoms with Crippen LogP contribution < -0.4 is 70.8 Å². The molecule has 1 aliphatic heterocycles. The maximum Gasteiger partial charge on any atom is 0.245 e. The lowest BCUT2D eigenvalue weighted by Crippen LogP contribution is -2.61. The number of aliphatic hydroxyl groups excluding tert-OH is 1. The number of fused-ring (bicyclic) bond motifs is 1. The van der Waals surface area contributed by atoms with Gasteiger partial charge in [-0.05, 0) is 166 Å². The van der Waals surface area contributed by atoms with Crippen molar-refractivity contribution >= 4 is 98.9 Å². The third-order valence-corrected chi connectivity index (χ3v) is 20.1. The summed E-state index contributed by atoms with van der Waals surface area (Å²) in [5.41, 5.74) is 26.9. The first-order chi connectivity index (χ1) is 54.4. The van der Waals surface area contributed by atoms with E-state index in [9.17, 15) is 57.8 Å². The van der Waals surface area contributed by atoms with Crippen LogP contribution in [0.15, 0.2) is 140 Å². The Morgan fingerprint density at radius 2 is 0.930 bits per heavy atom. The fourth-order valence-electron chi connectivity index (χ4n) is 13.2. The third kappa shape index (κ3) is 28.3. The Kier molecular flexibility index (Phi) is 35.6. The van der Waals surface area contributed by atoms with E-state index in [0.717, 1.165) is 10.8 Å². The van der Waals surface area contributed by atoms with E-state index in [2.05, 4.69) is 62.8 Å². The smallest absolute Gasteiger partial charge is 0.245 e. The second-order valence-corrected chi connectivity index (χ2v) is 30.2. The highest BCUT2D eigenvalue weighted by atomic mass is 35.5. The number of pyridine rings is 3. The molecule has 13 atom stereocenters. The van der Waals surface area contributed by atoms with Crippen LogP contribution in [-0.2, 0) is 72.0 Å². The van der Waals surface area contributed by atoms with E-state index < -0.39 is 156 Å². The molecule has 4 heterocycles. The van der Waals surface area contributed by atoms with Gasteiger partial charge in [0.25, 0.3) is 0 Å². The number of ketones is 2. The van der Waals surface area contributed by atoms with Crippen molar-refractivity contribution in [2.75, 3.05) is 13.2 Å². The summed E-state index contributed by atoms with van der Waals surface area (Å²) in [5, 5.41) is 37.5. The Labute approximate surface area is 668 Å². The first-order valence-electron chi connectivity index (χ1n) is 38.6. The topological polar surface area (TPSA) is 496 Å². The molecule has 3 aromatic carbocycles. The van der Waals surface area contributed by atoms with Crippen LogP contribution in [0.3, 0.4) is 0 Å². The minimum absolute atomic E-state index is 0.0138. The predicted octanol–water partition coefficient (Wildman–Crippen LogP) is 2.54. The minimum Gasteiger partial charge on any atom is -0.394 e. The molecule has 32 heteroatoms. The average Bonchev–Trinajstić information content (AvgIpc) is 1.32. The highest BCUT2D eigenvalue weighted by molar-refractivity contribution is 6.30.